The summed E-state index contributed by atoms with van der Waals surface area (Å²) in [5, 5.41) is 9.53. The quantitative estimate of drug-likeness (QED) is 0.469. The second kappa shape index (κ2) is 4.95. The molecule has 2 radical (unpaired) electrons. The number of aliphatic hydroxyl groups excluding tert-OH is 1. The molecule has 15 heavy (non-hydrogen) atoms. The van der Waals surface area contributed by atoms with Gasteiger partial charge in [0.1, 0.15) is 33.8 Å². The van der Waals surface area contributed by atoms with Crippen LogP contribution >= 0.6 is 7.60 Å². The van der Waals surface area contributed by atoms with E-state index in [-0.39, 0.29) is 6.61 Å². The van der Waals surface area contributed by atoms with Crippen LogP contribution in [-0.2, 0) is 18.6 Å². The lowest BCUT2D eigenvalue weighted by molar-refractivity contribution is -0.204. The van der Waals surface area contributed by atoms with Gasteiger partial charge in [0.05, 0.1) is 6.61 Å². The molecule has 0 saturated carbocycles. The summed E-state index contributed by atoms with van der Waals surface area (Å²) in [4.78, 5) is 10.9. The third-order valence-electron chi connectivity index (χ3n) is 2.02. The highest BCUT2D eigenvalue weighted by Crippen LogP contribution is 2.38. The first-order chi connectivity index (χ1) is 6.85. The standard InChI is InChI=1S/C7H14BO6P/c1-12-3-4-6(14-15(2,10)11)5(9)7(8)13-4/h4-7,9H,3H2,1-2H3,(H,10,11)/p-1/t4-,5?,6+,7-/m1/s1. The van der Waals surface area contributed by atoms with Gasteiger partial charge < -0.3 is 28.6 Å². The number of hydrogen-bond acceptors (Lipinski definition) is 6. The van der Waals surface area contributed by atoms with Crippen LogP contribution in [0.2, 0.25) is 0 Å². The Labute approximate surface area is 89.5 Å². The van der Waals surface area contributed by atoms with Crippen molar-refractivity contribution in [2.75, 3.05) is 20.4 Å². The van der Waals surface area contributed by atoms with E-state index in [1.807, 2.05) is 0 Å². The topological polar surface area (TPSA) is 88.1 Å². The lowest BCUT2D eigenvalue weighted by Gasteiger charge is -2.27. The molecule has 1 heterocycles. The minimum atomic E-state index is -3.94. The molecule has 86 valence electrons. The van der Waals surface area contributed by atoms with E-state index in [0.717, 1.165) is 6.66 Å². The first-order valence-corrected chi connectivity index (χ1v) is 6.39. The molecule has 1 rings (SSSR count). The van der Waals surface area contributed by atoms with Crippen molar-refractivity contribution >= 4 is 15.4 Å². The molecule has 0 bridgehead atoms. The number of aliphatic hydroxyl groups is 1. The van der Waals surface area contributed by atoms with Gasteiger partial charge in [0.2, 0.25) is 0 Å². The number of hydrogen-bond donors (Lipinski definition) is 1. The first kappa shape index (κ1) is 13.2. The summed E-state index contributed by atoms with van der Waals surface area (Å²) in [6.07, 6.45) is -2.86. The molecule has 1 aliphatic rings. The predicted octanol–water partition coefficient (Wildman–Crippen LogP) is -1.54. The van der Waals surface area contributed by atoms with Crippen molar-refractivity contribution in [2.24, 2.45) is 0 Å². The van der Waals surface area contributed by atoms with E-state index < -0.39 is 31.9 Å². The molecule has 1 N–H and O–H groups in total. The highest BCUT2D eigenvalue weighted by molar-refractivity contribution is 7.50. The molecule has 6 nitrogen and oxygen atoms in total. The Morgan fingerprint density at radius 2 is 2.27 bits per heavy atom. The molecule has 0 spiro atoms. The van der Waals surface area contributed by atoms with E-state index in [1.54, 1.807) is 0 Å². The van der Waals surface area contributed by atoms with Gasteiger partial charge in [-0.15, -0.1) is 0 Å². The minimum absolute atomic E-state index is 0.107. The molecule has 0 aliphatic carbocycles. The maximum Gasteiger partial charge on any atom is 0.132 e. The third kappa shape index (κ3) is 3.55. The van der Waals surface area contributed by atoms with Gasteiger partial charge in [0.15, 0.2) is 0 Å². The Hall–Kier alpha value is 0.0949. The summed E-state index contributed by atoms with van der Waals surface area (Å²) in [5.74, 6) is 0. The van der Waals surface area contributed by atoms with Crippen molar-refractivity contribution in [3.8, 4) is 0 Å². The SMILES string of the molecule is [B][C@@H]1O[C@H](COC)[C@H](OP(C)(=O)[O-])C1O. The fraction of sp³-hybridized carbons (Fsp3) is 1.00. The van der Waals surface area contributed by atoms with Gasteiger partial charge in [-0.1, -0.05) is 0 Å². The Morgan fingerprint density at radius 1 is 1.67 bits per heavy atom. The van der Waals surface area contributed by atoms with Gasteiger partial charge in [-0.3, -0.25) is 0 Å². The molecule has 0 amide bonds. The average Bonchev–Trinajstić information content (AvgIpc) is 2.32. The average molecular weight is 235 g/mol. The lowest BCUT2D eigenvalue weighted by Crippen LogP contribution is -2.37. The Kier molecular flexibility index (Phi) is 4.34. The summed E-state index contributed by atoms with van der Waals surface area (Å²) < 4.78 is 25.6. The summed E-state index contributed by atoms with van der Waals surface area (Å²) in [7, 11) is 2.90. The van der Waals surface area contributed by atoms with E-state index >= 15 is 0 Å². The van der Waals surface area contributed by atoms with Crippen LogP contribution in [-0.4, -0.2) is 57.6 Å². The lowest BCUT2D eigenvalue weighted by atomic mass is 9.93. The molecule has 1 fully saturated rings. The van der Waals surface area contributed by atoms with Crippen LogP contribution in [0.5, 0.6) is 0 Å². The van der Waals surface area contributed by atoms with Crippen LogP contribution < -0.4 is 4.89 Å². The van der Waals surface area contributed by atoms with Crippen LogP contribution in [0.15, 0.2) is 0 Å². The van der Waals surface area contributed by atoms with E-state index in [1.165, 1.54) is 7.11 Å². The van der Waals surface area contributed by atoms with Crippen molar-refractivity contribution in [3.63, 3.8) is 0 Å². The molecule has 8 heteroatoms. The molecular weight excluding hydrogens is 222 g/mol. The van der Waals surface area contributed by atoms with Crippen LogP contribution in [0.1, 0.15) is 0 Å². The molecule has 2 unspecified atom stereocenters. The molecule has 0 aromatic rings. The number of rotatable bonds is 4. The zero-order chi connectivity index (χ0) is 11.6. The molecule has 0 aromatic heterocycles. The van der Waals surface area contributed by atoms with E-state index in [2.05, 4.69) is 0 Å². The Morgan fingerprint density at radius 3 is 2.73 bits per heavy atom. The van der Waals surface area contributed by atoms with Gasteiger partial charge in [0.25, 0.3) is 0 Å². The smallest absolute Gasteiger partial charge is 0.132 e. The largest absolute Gasteiger partial charge is 0.779 e. The highest BCUT2D eigenvalue weighted by Gasteiger charge is 2.42. The van der Waals surface area contributed by atoms with Gasteiger partial charge in [-0.25, -0.2) is 0 Å². The van der Waals surface area contributed by atoms with Crippen LogP contribution in [0, 0.1) is 0 Å². The van der Waals surface area contributed by atoms with Gasteiger partial charge in [-0.2, -0.15) is 0 Å². The van der Waals surface area contributed by atoms with Crippen LogP contribution in [0.4, 0.5) is 0 Å². The van der Waals surface area contributed by atoms with Crippen molar-refractivity contribution in [3.05, 3.63) is 0 Å². The van der Waals surface area contributed by atoms with E-state index in [0.29, 0.717) is 0 Å². The molecule has 1 saturated heterocycles. The summed E-state index contributed by atoms with van der Waals surface area (Å²) in [6, 6.07) is -0.957. The van der Waals surface area contributed by atoms with Gasteiger partial charge >= 0.3 is 0 Å². The summed E-state index contributed by atoms with van der Waals surface area (Å²) >= 11 is 0. The fourth-order valence-electron chi connectivity index (χ4n) is 1.42. The molecule has 1 aliphatic heterocycles. The van der Waals surface area contributed by atoms with Crippen molar-refractivity contribution in [2.45, 2.75) is 24.3 Å². The molecule has 0 aromatic carbocycles. The summed E-state index contributed by atoms with van der Waals surface area (Å²) in [5.41, 5.74) is 0. The van der Waals surface area contributed by atoms with E-state index in [9.17, 15) is 14.6 Å². The Bertz CT molecular complexity index is 256. The third-order valence-corrected chi connectivity index (χ3v) is 2.64. The fourth-order valence-corrected chi connectivity index (χ4v) is 2.12. The normalized spacial score (nSPS) is 40.3. The van der Waals surface area contributed by atoms with Crippen molar-refractivity contribution in [1.82, 2.24) is 0 Å². The second-order valence-corrected chi connectivity index (χ2v) is 5.18. The monoisotopic (exact) mass is 235 g/mol. The van der Waals surface area contributed by atoms with E-state index in [4.69, 9.17) is 21.8 Å². The zero-order valence-corrected chi connectivity index (χ0v) is 9.42. The zero-order valence-electron chi connectivity index (χ0n) is 8.53. The maximum atomic E-state index is 10.9. The first-order valence-electron chi connectivity index (χ1n) is 4.40. The minimum Gasteiger partial charge on any atom is -0.779 e. The molecule has 5 atom stereocenters. The summed E-state index contributed by atoms with van der Waals surface area (Å²) in [6.45, 7) is 1.03. The Balaban J connectivity index is 2.68. The van der Waals surface area contributed by atoms with Gasteiger partial charge in [0, 0.05) is 19.8 Å². The highest BCUT2D eigenvalue weighted by atomic mass is 31.2. The van der Waals surface area contributed by atoms with Gasteiger partial charge in [-0.05, 0) is 0 Å². The van der Waals surface area contributed by atoms with Crippen molar-refractivity contribution < 1.29 is 28.6 Å². The van der Waals surface area contributed by atoms with Crippen LogP contribution in [0.3, 0.4) is 0 Å². The second-order valence-electron chi connectivity index (χ2n) is 3.43. The predicted molar refractivity (Wildman–Crippen MR) is 50.7 cm³/mol. The number of methoxy groups -OCH3 is 1. The van der Waals surface area contributed by atoms with Crippen molar-refractivity contribution in [1.29, 1.82) is 0 Å². The van der Waals surface area contributed by atoms with Crippen LogP contribution in [0.25, 0.3) is 0 Å². The molecular formula is C7H13BO6P-. The number of ether oxygens (including phenoxy) is 2. The maximum absolute atomic E-state index is 10.9.